The predicted molar refractivity (Wildman–Crippen MR) is 142 cm³/mol. The van der Waals surface area contributed by atoms with Crippen LogP contribution in [0.1, 0.15) is 71.4 Å². The van der Waals surface area contributed by atoms with Crippen LogP contribution in [-0.4, -0.2) is 29.0 Å². The number of fused-ring (bicyclic) bond motifs is 2. The molecule has 1 aromatic carbocycles. The van der Waals surface area contributed by atoms with Gasteiger partial charge in [0.25, 0.3) is 5.91 Å². The molecule has 36 heavy (non-hydrogen) atoms. The number of allylic oxidation sites excluding steroid dienone is 1. The van der Waals surface area contributed by atoms with Gasteiger partial charge in [0.05, 0.1) is 16.8 Å². The second kappa shape index (κ2) is 8.55. The number of nitrogens with zero attached hydrogens (tertiary/aromatic N) is 1. The largest absolute Gasteiger partial charge is 0.452 e. The molecule has 184 valence electrons. The summed E-state index contributed by atoms with van der Waals surface area (Å²) in [4.78, 5) is 32.6. The average Bonchev–Trinajstić information content (AvgIpc) is 3.50. The average molecular weight is 499 g/mol. The number of carbonyl (C=O) groups is 2. The molecule has 6 heteroatoms. The number of esters is 1. The normalized spacial score (nSPS) is 29.0. The van der Waals surface area contributed by atoms with Gasteiger partial charge >= 0.3 is 5.97 Å². The SMILES string of the molecule is O=C(COC(=O)c1c2c(nc3ccccc13)C(=Cc1cccs1)CC2)NC12CC3CC(CC(C3)C1)C2. The number of carbonyl (C=O) groups excluding carboxylic acids is 2. The van der Waals surface area contributed by atoms with E-state index in [0.29, 0.717) is 5.56 Å². The van der Waals surface area contributed by atoms with E-state index in [0.717, 1.165) is 77.6 Å². The van der Waals surface area contributed by atoms with Crippen LogP contribution >= 0.6 is 11.3 Å². The number of amides is 1. The predicted octanol–water partition coefficient (Wildman–Crippen LogP) is 6.02. The van der Waals surface area contributed by atoms with E-state index in [1.54, 1.807) is 11.3 Å². The minimum Gasteiger partial charge on any atom is -0.452 e. The highest BCUT2D eigenvalue weighted by atomic mass is 32.1. The fraction of sp³-hybridized carbons (Fsp3) is 0.433. The molecule has 0 saturated heterocycles. The van der Waals surface area contributed by atoms with Crippen molar-refractivity contribution in [1.29, 1.82) is 0 Å². The van der Waals surface area contributed by atoms with Gasteiger partial charge in [-0.05, 0) is 104 Å². The van der Waals surface area contributed by atoms with Crippen LogP contribution in [0.15, 0.2) is 41.8 Å². The van der Waals surface area contributed by atoms with Gasteiger partial charge in [-0.25, -0.2) is 9.78 Å². The Balaban J connectivity index is 1.13. The molecule has 3 aromatic rings. The van der Waals surface area contributed by atoms with Gasteiger partial charge in [-0.2, -0.15) is 0 Å². The van der Waals surface area contributed by atoms with Crippen molar-refractivity contribution in [3.8, 4) is 0 Å². The van der Waals surface area contributed by atoms with Crippen LogP contribution in [0.3, 0.4) is 0 Å². The molecule has 1 amide bonds. The van der Waals surface area contributed by atoms with Crippen molar-refractivity contribution in [2.45, 2.75) is 56.9 Å². The summed E-state index contributed by atoms with van der Waals surface area (Å²) in [6, 6.07) is 11.9. The zero-order chi connectivity index (χ0) is 24.3. The van der Waals surface area contributed by atoms with E-state index in [-0.39, 0.29) is 18.1 Å². The summed E-state index contributed by atoms with van der Waals surface area (Å²) in [5.74, 6) is 1.66. The van der Waals surface area contributed by atoms with Crippen LogP contribution in [0.25, 0.3) is 22.6 Å². The van der Waals surface area contributed by atoms with Gasteiger partial charge in [0, 0.05) is 15.8 Å². The van der Waals surface area contributed by atoms with Crippen molar-refractivity contribution >= 4 is 45.8 Å². The fourth-order valence-electron chi connectivity index (χ4n) is 7.86. The summed E-state index contributed by atoms with van der Waals surface area (Å²) in [6.45, 7) is -0.232. The van der Waals surface area contributed by atoms with Gasteiger partial charge in [-0.1, -0.05) is 24.3 Å². The van der Waals surface area contributed by atoms with E-state index < -0.39 is 5.97 Å². The van der Waals surface area contributed by atoms with E-state index in [1.807, 2.05) is 30.3 Å². The number of benzene rings is 1. The Bertz CT molecular complexity index is 1360. The number of aromatic nitrogens is 1. The molecule has 0 spiro atoms. The van der Waals surface area contributed by atoms with Crippen LogP contribution in [0.5, 0.6) is 0 Å². The van der Waals surface area contributed by atoms with E-state index >= 15 is 0 Å². The summed E-state index contributed by atoms with van der Waals surface area (Å²) in [6.07, 6.45) is 11.0. The van der Waals surface area contributed by atoms with E-state index in [4.69, 9.17) is 9.72 Å². The second-order valence-corrected chi connectivity index (χ2v) is 12.3. The molecule has 5 aliphatic carbocycles. The van der Waals surface area contributed by atoms with Crippen molar-refractivity contribution in [2.24, 2.45) is 17.8 Å². The summed E-state index contributed by atoms with van der Waals surface area (Å²) >= 11 is 1.69. The first-order valence-electron chi connectivity index (χ1n) is 13.2. The molecule has 4 saturated carbocycles. The molecule has 4 bridgehead atoms. The topological polar surface area (TPSA) is 68.3 Å². The van der Waals surface area contributed by atoms with Crippen molar-refractivity contribution in [2.75, 3.05) is 6.61 Å². The molecule has 4 fully saturated rings. The molecular weight excluding hydrogens is 468 g/mol. The number of nitrogens with one attached hydrogen (secondary N) is 1. The first-order valence-corrected chi connectivity index (χ1v) is 14.1. The quantitative estimate of drug-likeness (QED) is 0.437. The minimum atomic E-state index is -0.428. The Morgan fingerprint density at radius 3 is 2.50 bits per heavy atom. The third-order valence-corrected chi connectivity index (χ3v) is 9.60. The zero-order valence-electron chi connectivity index (χ0n) is 20.3. The lowest BCUT2D eigenvalue weighted by Gasteiger charge is -2.56. The monoisotopic (exact) mass is 498 g/mol. The summed E-state index contributed by atoms with van der Waals surface area (Å²) < 4.78 is 5.68. The lowest BCUT2D eigenvalue weighted by Crippen LogP contribution is -2.60. The third kappa shape index (κ3) is 3.86. The third-order valence-electron chi connectivity index (χ3n) is 8.78. The number of pyridine rings is 1. The van der Waals surface area contributed by atoms with Crippen molar-refractivity contribution in [3.63, 3.8) is 0 Å². The number of para-hydroxylation sites is 1. The van der Waals surface area contributed by atoms with Gasteiger partial charge in [-0.3, -0.25) is 4.79 Å². The minimum absolute atomic E-state index is 0.0790. The van der Waals surface area contributed by atoms with Gasteiger partial charge in [0.2, 0.25) is 0 Å². The summed E-state index contributed by atoms with van der Waals surface area (Å²) in [5.41, 5.74) is 4.22. The van der Waals surface area contributed by atoms with E-state index in [9.17, 15) is 9.59 Å². The number of hydrogen-bond donors (Lipinski definition) is 1. The molecule has 0 radical (unpaired) electrons. The maximum absolute atomic E-state index is 13.5. The standard InChI is InChI=1S/C30H30N2O3S/c33-26(32-30-14-18-10-19(15-30)12-20(11-18)16-30)17-35-29(34)27-23-5-1-2-6-25(23)31-28-21(7-8-24(27)28)13-22-4-3-9-36-22/h1-6,9,13,18-20H,7-8,10-12,14-17H2,(H,32,33). The highest BCUT2D eigenvalue weighted by Gasteiger charge is 2.51. The zero-order valence-corrected chi connectivity index (χ0v) is 21.1. The van der Waals surface area contributed by atoms with Crippen LogP contribution < -0.4 is 5.32 Å². The number of rotatable bonds is 5. The van der Waals surface area contributed by atoms with Gasteiger partial charge in [0.1, 0.15) is 0 Å². The highest BCUT2D eigenvalue weighted by molar-refractivity contribution is 7.10. The van der Waals surface area contributed by atoms with Crippen LogP contribution in [0.4, 0.5) is 0 Å². The van der Waals surface area contributed by atoms with Gasteiger partial charge in [0.15, 0.2) is 6.61 Å². The van der Waals surface area contributed by atoms with E-state index in [1.165, 1.54) is 24.1 Å². The first-order chi connectivity index (χ1) is 17.6. The number of hydrogen-bond acceptors (Lipinski definition) is 5. The lowest BCUT2D eigenvalue weighted by atomic mass is 9.53. The highest BCUT2D eigenvalue weighted by Crippen LogP contribution is 2.55. The lowest BCUT2D eigenvalue weighted by molar-refractivity contribution is -0.130. The molecular formula is C30H30N2O3S. The molecule has 5 aliphatic rings. The van der Waals surface area contributed by atoms with Crippen molar-refractivity contribution in [1.82, 2.24) is 10.3 Å². The molecule has 2 aromatic heterocycles. The summed E-state index contributed by atoms with van der Waals surface area (Å²) in [5, 5.41) is 6.17. The van der Waals surface area contributed by atoms with Crippen LogP contribution in [-0.2, 0) is 16.0 Å². The van der Waals surface area contributed by atoms with Crippen LogP contribution in [0, 0.1) is 17.8 Å². The molecule has 1 N–H and O–H groups in total. The second-order valence-electron chi connectivity index (χ2n) is 11.3. The Morgan fingerprint density at radius 2 is 1.78 bits per heavy atom. The first kappa shape index (κ1) is 22.2. The fourth-order valence-corrected chi connectivity index (χ4v) is 8.54. The molecule has 5 nitrogen and oxygen atoms in total. The molecule has 0 atom stereocenters. The van der Waals surface area contributed by atoms with Crippen molar-refractivity contribution < 1.29 is 14.3 Å². The van der Waals surface area contributed by atoms with Gasteiger partial charge in [-0.15, -0.1) is 11.3 Å². The number of thiophene rings is 1. The molecule has 0 aliphatic heterocycles. The molecule has 0 unspecified atom stereocenters. The smallest absolute Gasteiger partial charge is 0.339 e. The molecule has 2 heterocycles. The van der Waals surface area contributed by atoms with Crippen molar-refractivity contribution in [3.05, 3.63) is 63.5 Å². The Hall–Kier alpha value is -2.99. The Morgan fingerprint density at radius 1 is 1.03 bits per heavy atom. The summed E-state index contributed by atoms with van der Waals surface area (Å²) in [7, 11) is 0. The number of ether oxygens (including phenoxy) is 1. The van der Waals surface area contributed by atoms with Crippen LogP contribution in [0.2, 0.25) is 0 Å². The maximum atomic E-state index is 13.5. The van der Waals surface area contributed by atoms with Gasteiger partial charge < -0.3 is 10.1 Å². The maximum Gasteiger partial charge on any atom is 0.339 e. The Kier molecular flexibility index (Phi) is 5.28. The Labute approximate surface area is 215 Å². The molecule has 8 rings (SSSR count). The van der Waals surface area contributed by atoms with E-state index in [2.05, 4.69) is 22.8 Å².